The quantitative estimate of drug-likeness (QED) is 0.574. The van der Waals surface area contributed by atoms with Crippen LogP contribution in [-0.2, 0) is 6.54 Å². The Balaban J connectivity index is 2.58. The minimum Gasteiger partial charge on any atom is -0.330 e. The number of carbonyl (C=O) groups excluding carboxylic acids is 1. The van der Waals surface area contributed by atoms with Gasteiger partial charge in [-0.05, 0) is 12.1 Å². The summed E-state index contributed by atoms with van der Waals surface area (Å²) >= 11 is 2.86. The number of aromatic nitrogens is 1. The molecule has 1 heterocycles. The number of carbonyl (C=O) groups is 1. The first kappa shape index (κ1) is 9.19. The molecule has 4 heteroatoms. The summed E-state index contributed by atoms with van der Waals surface area (Å²) in [7, 11) is 1.71. The van der Waals surface area contributed by atoms with Crippen LogP contribution in [-0.4, -0.2) is 21.7 Å². The van der Waals surface area contributed by atoms with E-state index in [0.717, 1.165) is 5.69 Å². The predicted octanol–water partition coefficient (Wildman–Crippen LogP) is 2.03. The van der Waals surface area contributed by atoms with Gasteiger partial charge in [-0.15, -0.1) is 0 Å². The van der Waals surface area contributed by atoms with Gasteiger partial charge in [0.05, 0.1) is 12.2 Å². The number of pyridine rings is 1. The van der Waals surface area contributed by atoms with Gasteiger partial charge in [-0.3, -0.25) is 9.78 Å². The Bertz CT molecular complexity index is 263. The molecule has 0 unspecified atom stereocenters. The highest BCUT2D eigenvalue weighted by Crippen LogP contribution is 2.02. The van der Waals surface area contributed by atoms with E-state index in [2.05, 4.69) is 20.9 Å². The molecule has 0 spiro atoms. The van der Waals surface area contributed by atoms with Crippen LogP contribution in [0.5, 0.6) is 0 Å². The molecule has 0 N–H and O–H groups in total. The summed E-state index contributed by atoms with van der Waals surface area (Å²) in [4.78, 5) is 16.3. The van der Waals surface area contributed by atoms with E-state index in [1.807, 2.05) is 18.2 Å². The van der Waals surface area contributed by atoms with Crippen molar-refractivity contribution < 1.29 is 4.79 Å². The van der Waals surface area contributed by atoms with Crippen molar-refractivity contribution in [2.75, 3.05) is 7.05 Å². The Kier molecular flexibility index (Phi) is 3.22. The van der Waals surface area contributed by atoms with Gasteiger partial charge in [0.1, 0.15) is 0 Å². The summed E-state index contributed by atoms with van der Waals surface area (Å²) in [5.41, 5.74) is 0.882. The van der Waals surface area contributed by atoms with E-state index in [1.54, 1.807) is 18.1 Å². The average Bonchev–Trinajstić information content (AvgIpc) is 2.06. The summed E-state index contributed by atoms with van der Waals surface area (Å²) in [6.07, 6.45) is 1.71. The number of hydrogen-bond donors (Lipinski definition) is 0. The summed E-state index contributed by atoms with van der Waals surface area (Å²) in [5, 5.41) is 0. The lowest BCUT2D eigenvalue weighted by atomic mass is 10.3. The molecule has 64 valence electrons. The van der Waals surface area contributed by atoms with E-state index in [1.165, 1.54) is 0 Å². The minimum atomic E-state index is -0.131. The van der Waals surface area contributed by atoms with E-state index < -0.39 is 0 Å². The third kappa shape index (κ3) is 2.62. The Labute approximate surface area is 79.5 Å². The molecule has 0 aliphatic rings. The van der Waals surface area contributed by atoms with Crippen molar-refractivity contribution in [3.8, 4) is 0 Å². The van der Waals surface area contributed by atoms with Crippen LogP contribution < -0.4 is 0 Å². The first-order valence-corrected chi connectivity index (χ1v) is 4.30. The first-order valence-electron chi connectivity index (χ1n) is 3.50. The lowest BCUT2D eigenvalue weighted by molar-refractivity contribution is 0.232. The van der Waals surface area contributed by atoms with Crippen LogP contribution in [0.4, 0.5) is 4.79 Å². The highest BCUT2D eigenvalue weighted by atomic mass is 79.9. The molecule has 0 radical (unpaired) electrons. The molecular weight excluding hydrogens is 220 g/mol. The van der Waals surface area contributed by atoms with Crippen LogP contribution in [0, 0.1) is 0 Å². The maximum absolute atomic E-state index is 10.8. The Morgan fingerprint density at radius 3 is 2.92 bits per heavy atom. The van der Waals surface area contributed by atoms with Crippen molar-refractivity contribution in [3.05, 3.63) is 30.1 Å². The van der Waals surface area contributed by atoms with Gasteiger partial charge in [-0.2, -0.15) is 0 Å². The van der Waals surface area contributed by atoms with E-state index >= 15 is 0 Å². The van der Waals surface area contributed by atoms with Crippen LogP contribution in [0.25, 0.3) is 0 Å². The zero-order valence-electron chi connectivity index (χ0n) is 6.70. The van der Waals surface area contributed by atoms with Crippen molar-refractivity contribution in [2.45, 2.75) is 6.54 Å². The number of halogens is 1. The van der Waals surface area contributed by atoms with Crippen LogP contribution in [0.1, 0.15) is 5.69 Å². The third-order valence-corrected chi connectivity index (χ3v) is 2.03. The lowest BCUT2D eigenvalue weighted by Gasteiger charge is -2.11. The van der Waals surface area contributed by atoms with Crippen molar-refractivity contribution >= 4 is 20.7 Å². The smallest absolute Gasteiger partial charge is 0.289 e. The van der Waals surface area contributed by atoms with Crippen LogP contribution >= 0.6 is 15.9 Å². The topological polar surface area (TPSA) is 33.2 Å². The maximum Gasteiger partial charge on any atom is 0.289 e. The molecular formula is C8H9BrN2O. The minimum absolute atomic E-state index is 0.131. The van der Waals surface area contributed by atoms with E-state index in [4.69, 9.17) is 0 Å². The molecule has 0 aromatic carbocycles. The van der Waals surface area contributed by atoms with Gasteiger partial charge >= 0.3 is 0 Å². The highest BCUT2D eigenvalue weighted by Gasteiger charge is 2.04. The van der Waals surface area contributed by atoms with E-state index in [9.17, 15) is 4.79 Å². The molecule has 3 nitrogen and oxygen atoms in total. The molecule has 0 aliphatic carbocycles. The molecule has 1 rings (SSSR count). The second kappa shape index (κ2) is 4.21. The second-order valence-corrected chi connectivity index (χ2v) is 3.11. The number of amides is 1. The highest BCUT2D eigenvalue weighted by molar-refractivity contribution is 9.18. The average molecular weight is 229 g/mol. The second-order valence-electron chi connectivity index (χ2n) is 2.43. The molecule has 0 aliphatic heterocycles. The zero-order valence-corrected chi connectivity index (χ0v) is 8.28. The molecule has 1 aromatic heterocycles. The van der Waals surface area contributed by atoms with Gasteiger partial charge in [0.2, 0.25) is 0 Å². The first-order chi connectivity index (χ1) is 5.70. The molecule has 1 amide bonds. The van der Waals surface area contributed by atoms with Crippen LogP contribution in [0.2, 0.25) is 0 Å². The van der Waals surface area contributed by atoms with Crippen molar-refractivity contribution in [1.29, 1.82) is 0 Å². The van der Waals surface area contributed by atoms with Crippen molar-refractivity contribution in [2.24, 2.45) is 0 Å². The summed E-state index contributed by atoms with van der Waals surface area (Å²) in [5.74, 6) is 0. The summed E-state index contributed by atoms with van der Waals surface area (Å²) in [6, 6.07) is 5.63. The molecule has 0 saturated heterocycles. The molecule has 0 atom stereocenters. The zero-order chi connectivity index (χ0) is 8.97. The molecule has 0 saturated carbocycles. The fraction of sp³-hybridized carbons (Fsp3) is 0.250. The molecule has 0 bridgehead atoms. The van der Waals surface area contributed by atoms with E-state index in [0.29, 0.717) is 6.54 Å². The summed E-state index contributed by atoms with van der Waals surface area (Å²) in [6.45, 7) is 0.533. The Hall–Kier alpha value is -0.900. The number of nitrogens with zero attached hydrogens (tertiary/aromatic N) is 2. The summed E-state index contributed by atoms with van der Waals surface area (Å²) < 4.78 is 0. The maximum atomic E-state index is 10.8. The fourth-order valence-electron chi connectivity index (χ4n) is 0.797. The number of rotatable bonds is 2. The van der Waals surface area contributed by atoms with Crippen molar-refractivity contribution in [1.82, 2.24) is 9.88 Å². The van der Waals surface area contributed by atoms with E-state index in [-0.39, 0.29) is 4.82 Å². The Morgan fingerprint density at radius 2 is 2.42 bits per heavy atom. The monoisotopic (exact) mass is 228 g/mol. The lowest BCUT2D eigenvalue weighted by Crippen LogP contribution is -2.20. The van der Waals surface area contributed by atoms with Gasteiger partial charge in [-0.1, -0.05) is 6.07 Å². The van der Waals surface area contributed by atoms with Gasteiger partial charge in [0, 0.05) is 29.2 Å². The molecule has 12 heavy (non-hydrogen) atoms. The van der Waals surface area contributed by atoms with Gasteiger partial charge in [-0.25, -0.2) is 0 Å². The fourth-order valence-corrected chi connectivity index (χ4v) is 0.922. The van der Waals surface area contributed by atoms with Crippen LogP contribution in [0.3, 0.4) is 0 Å². The molecule has 1 aromatic rings. The predicted molar refractivity (Wildman–Crippen MR) is 50.0 cm³/mol. The van der Waals surface area contributed by atoms with Crippen molar-refractivity contribution in [3.63, 3.8) is 0 Å². The normalized spacial score (nSPS) is 9.50. The third-order valence-electron chi connectivity index (χ3n) is 1.43. The van der Waals surface area contributed by atoms with Gasteiger partial charge in [0.25, 0.3) is 4.82 Å². The SMILES string of the molecule is CN(Cc1ccccn1)C(=O)Br. The standard InChI is InChI=1S/C8H9BrN2O/c1-11(8(9)12)6-7-4-2-3-5-10-7/h2-5H,6H2,1H3. The van der Waals surface area contributed by atoms with Gasteiger partial charge < -0.3 is 4.90 Å². The Morgan fingerprint density at radius 1 is 1.67 bits per heavy atom. The molecule has 0 fully saturated rings. The largest absolute Gasteiger partial charge is 0.330 e. The van der Waals surface area contributed by atoms with Gasteiger partial charge in [0.15, 0.2) is 0 Å². The number of hydrogen-bond acceptors (Lipinski definition) is 2. The van der Waals surface area contributed by atoms with Crippen LogP contribution in [0.15, 0.2) is 24.4 Å².